The van der Waals surface area contributed by atoms with Crippen LogP contribution in [0, 0.1) is 0 Å². The maximum absolute atomic E-state index is 12.6. The van der Waals surface area contributed by atoms with Gasteiger partial charge in [-0.05, 0) is 67.1 Å². The normalized spacial score (nSPS) is 12.3. The number of rotatable bonds is 8. The van der Waals surface area contributed by atoms with E-state index in [1.807, 2.05) is 0 Å². The van der Waals surface area contributed by atoms with Crippen molar-refractivity contribution in [3.63, 3.8) is 0 Å². The molecule has 0 bridgehead atoms. The number of esters is 2. The van der Waals surface area contributed by atoms with Gasteiger partial charge in [-0.1, -0.05) is 12.1 Å². The molecule has 1 aliphatic carbocycles. The van der Waals surface area contributed by atoms with Gasteiger partial charge in [0.25, 0.3) is 0 Å². The number of fused-ring (bicyclic) bond motifs is 1. The van der Waals surface area contributed by atoms with E-state index in [-0.39, 0.29) is 22.1 Å². The summed E-state index contributed by atoms with van der Waals surface area (Å²) in [6.07, 6.45) is 4.74. The highest BCUT2D eigenvalue weighted by Gasteiger charge is 2.28. The van der Waals surface area contributed by atoms with Crippen LogP contribution in [0.1, 0.15) is 49.6 Å². The molecule has 0 radical (unpaired) electrons. The van der Waals surface area contributed by atoms with Crippen LogP contribution < -0.4 is 25.0 Å². The van der Waals surface area contributed by atoms with Crippen LogP contribution in [-0.2, 0) is 27.2 Å². The zero-order valence-corrected chi connectivity index (χ0v) is 22.9. The van der Waals surface area contributed by atoms with Gasteiger partial charge in [0, 0.05) is 4.88 Å². The van der Waals surface area contributed by atoms with Crippen molar-refractivity contribution in [1.82, 2.24) is 5.43 Å². The smallest absolute Gasteiger partial charge is 0.347 e. The molecular weight excluding hydrogens is 538 g/mol. The molecule has 0 fully saturated rings. The molecule has 0 saturated heterocycles. The molecule has 208 valence electrons. The Labute approximate surface area is 234 Å². The Morgan fingerprint density at radius 3 is 2.38 bits per heavy atom. The van der Waals surface area contributed by atoms with E-state index in [0.717, 1.165) is 29.7 Å². The van der Waals surface area contributed by atoms with Crippen LogP contribution in [0.25, 0.3) is 0 Å². The molecule has 0 saturated carbocycles. The van der Waals surface area contributed by atoms with E-state index >= 15 is 0 Å². The van der Waals surface area contributed by atoms with Crippen molar-refractivity contribution < 1.29 is 38.1 Å². The summed E-state index contributed by atoms with van der Waals surface area (Å²) in [5.74, 6) is -2.40. The number of hydrazone groups is 1. The van der Waals surface area contributed by atoms with Gasteiger partial charge in [0.05, 0.1) is 33.1 Å². The molecule has 0 unspecified atom stereocenters. The van der Waals surface area contributed by atoms with Crippen molar-refractivity contribution >= 4 is 46.3 Å². The predicted octanol–water partition coefficient (Wildman–Crippen LogP) is 3.74. The zero-order chi connectivity index (χ0) is 28.6. The van der Waals surface area contributed by atoms with Crippen LogP contribution in [0.4, 0.5) is 5.00 Å². The van der Waals surface area contributed by atoms with Crippen LogP contribution >= 0.6 is 11.3 Å². The van der Waals surface area contributed by atoms with Crippen molar-refractivity contribution in [3.05, 3.63) is 69.6 Å². The van der Waals surface area contributed by atoms with Crippen molar-refractivity contribution in [2.24, 2.45) is 5.10 Å². The average molecular weight is 566 g/mol. The minimum Gasteiger partial charge on any atom is -0.496 e. The lowest BCUT2D eigenvalue weighted by Gasteiger charge is -2.11. The number of carbonyl (C=O) groups excluding carboxylic acids is 4. The van der Waals surface area contributed by atoms with Crippen molar-refractivity contribution in [3.8, 4) is 17.2 Å². The first-order chi connectivity index (χ1) is 19.4. The van der Waals surface area contributed by atoms with E-state index in [9.17, 15) is 19.2 Å². The van der Waals surface area contributed by atoms with Crippen molar-refractivity contribution in [2.75, 3.05) is 26.6 Å². The number of thiophene rings is 1. The molecule has 1 heterocycles. The van der Waals surface area contributed by atoms with Gasteiger partial charge in [-0.25, -0.2) is 15.0 Å². The minimum atomic E-state index is -1.02. The van der Waals surface area contributed by atoms with Crippen LogP contribution in [0.3, 0.4) is 0 Å². The fraction of sp³-hybridized carbons (Fsp3) is 0.250. The lowest BCUT2D eigenvalue weighted by Crippen LogP contribution is -2.32. The van der Waals surface area contributed by atoms with Gasteiger partial charge >= 0.3 is 23.8 Å². The highest BCUT2D eigenvalue weighted by atomic mass is 32.1. The van der Waals surface area contributed by atoms with Crippen LogP contribution in [-0.4, -0.2) is 51.3 Å². The molecule has 0 spiro atoms. The highest BCUT2D eigenvalue weighted by molar-refractivity contribution is 7.17. The Morgan fingerprint density at radius 2 is 1.62 bits per heavy atom. The van der Waals surface area contributed by atoms with Gasteiger partial charge in [0.2, 0.25) is 0 Å². The number of nitrogens with zero attached hydrogens (tertiary/aromatic N) is 1. The second kappa shape index (κ2) is 12.9. The molecule has 4 rings (SSSR count). The molecular formula is C28H27N3O8S. The van der Waals surface area contributed by atoms with Crippen molar-refractivity contribution in [1.29, 1.82) is 0 Å². The van der Waals surface area contributed by atoms with E-state index in [1.54, 1.807) is 36.4 Å². The summed E-state index contributed by atoms with van der Waals surface area (Å²) >= 11 is 1.27. The summed E-state index contributed by atoms with van der Waals surface area (Å²) in [4.78, 5) is 50.9. The first-order valence-electron chi connectivity index (χ1n) is 12.3. The Kier molecular flexibility index (Phi) is 9.12. The molecule has 2 N–H and O–H groups in total. The first-order valence-corrected chi connectivity index (χ1v) is 13.1. The Bertz CT molecular complexity index is 1480. The van der Waals surface area contributed by atoms with Gasteiger partial charge in [-0.3, -0.25) is 9.59 Å². The van der Waals surface area contributed by atoms with E-state index in [0.29, 0.717) is 23.3 Å². The SMILES string of the molecule is COC(=O)c1c(NC(=O)C(=O)NN=Cc2ccc(OC(=O)c3ccccc3OC)c(OC)c2)sc2c1CCCC2. The van der Waals surface area contributed by atoms with Gasteiger partial charge in [0.15, 0.2) is 11.5 Å². The lowest BCUT2D eigenvalue weighted by atomic mass is 9.95. The van der Waals surface area contributed by atoms with Gasteiger partial charge in [-0.15, -0.1) is 11.3 Å². The quantitative estimate of drug-likeness (QED) is 0.138. The zero-order valence-electron chi connectivity index (χ0n) is 22.1. The number of anilines is 1. The fourth-order valence-corrected chi connectivity index (χ4v) is 5.44. The third-order valence-corrected chi connectivity index (χ3v) is 7.30. The number of para-hydroxylation sites is 1. The second-order valence-electron chi connectivity index (χ2n) is 8.56. The Hall–Kier alpha value is -4.71. The maximum Gasteiger partial charge on any atom is 0.347 e. The maximum atomic E-state index is 12.6. The molecule has 11 nitrogen and oxygen atoms in total. The van der Waals surface area contributed by atoms with Crippen LogP contribution in [0.5, 0.6) is 17.2 Å². The summed E-state index contributed by atoms with van der Waals surface area (Å²) < 4.78 is 20.9. The Balaban J connectivity index is 1.40. The average Bonchev–Trinajstić information content (AvgIpc) is 3.34. The summed E-state index contributed by atoms with van der Waals surface area (Å²) in [6, 6.07) is 11.3. The summed E-state index contributed by atoms with van der Waals surface area (Å²) in [7, 11) is 4.14. The number of nitrogens with one attached hydrogen (secondary N) is 2. The van der Waals surface area contributed by atoms with E-state index in [1.165, 1.54) is 44.9 Å². The minimum absolute atomic E-state index is 0.166. The third-order valence-electron chi connectivity index (χ3n) is 6.09. The molecule has 3 aromatic rings. The number of hydrogen-bond donors (Lipinski definition) is 2. The van der Waals surface area contributed by atoms with Crippen molar-refractivity contribution in [2.45, 2.75) is 25.7 Å². The number of benzene rings is 2. The Morgan fingerprint density at radius 1 is 0.875 bits per heavy atom. The number of amides is 2. The molecule has 40 heavy (non-hydrogen) atoms. The summed E-state index contributed by atoms with van der Waals surface area (Å²) in [6.45, 7) is 0. The number of aryl methyl sites for hydroxylation is 1. The lowest BCUT2D eigenvalue weighted by molar-refractivity contribution is -0.136. The molecule has 1 aromatic heterocycles. The molecule has 12 heteroatoms. The first kappa shape index (κ1) is 28.3. The number of methoxy groups -OCH3 is 3. The van der Waals surface area contributed by atoms with Gasteiger partial charge < -0.3 is 24.3 Å². The van der Waals surface area contributed by atoms with E-state index in [2.05, 4.69) is 15.8 Å². The van der Waals surface area contributed by atoms with Gasteiger partial charge in [-0.2, -0.15) is 5.10 Å². The largest absolute Gasteiger partial charge is 0.496 e. The van der Waals surface area contributed by atoms with E-state index < -0.39 is 23.8 Å². The monoisotopic (exact) mass is 565 g/mol. The number of ether oxygens (including phenoxy) is 4. The molecule has 1 aliphatic rings. The molecule has 2 aromatic carbocycles. The second-order valence-corrected chi connectivity index (χ2v) is 9.67. The molecule has 0 aliphatic heterocycles. The van der Waals surface area contributed by atoms with Crippen LogP contribution in [0.15, 0.2) is 47.6 Å². The summed E-state index contributed by atoms with van der Waals surface area (Å²) in [5, 5.41) is 6.62. The summed E-state index contributed by atoms with van der Waals surface area (Å²) in [5.41, 5.74) is 4.07. The number of carbonyl (C=O) groups is 4. The molecule has 0 atom stereocenters. The van der Waals surface area contributed by atoms with E-state index in [4.69, 9.17) is 18.9 Å². The fourth-order valence-electron chi connectivity index (χ4n) is 4.16. The highest BCUT2D eigenvalue weighted by Crippen LogP contribution is 2.38. The van der Waals surface area contributed by atoms with Crippen LogP contribution in [0.2, 0.25) is 0 Å². The predicted molar refractivity (Wildman–Crippen MR) is 148 cm³/mol. The molecule has 2 amide bonds. The topological polar surface area (TPSA) is 142 Å². The number of hydrogen-bond acceptors (Lipinski definition) is 10. The standard InChI is InChI=1S/C28H27N3O8S/c1-36-19-10-6-4-8-17(19)27(34)39-20-13-12-16(14-21(20)37-2)15-29-31-25(33)24(32)30-26-23(28(35)38-3)18-9-5-7-11-22(18)40-26/h4,6,8,10,12-15H,5,7,9,11H2,1-3H3,(H,30,32)(H,31,33). The third kappa shape index (κ3) is 6.29. The van der Waals surface area contributed by atoms with Gasteiger partial charge in [0.1, 0.15) is 16.3 Å².